The van der Waals surface area contributed by atoms with Crippen molar-refractivity contribution in [1.29, 1.82) is 0 Å². The number of hydrogen-bond donors (Lipinski definition) is 1. The minimum Gasteiger partial charge on any atom is -0.381 e. The number of nitrogens with zero attached hydrogens (tertiary/aromatic N) is 2. The van der Waals surface area contributed by atoms with Gasteiger partial charge >= 0.3 is 0 Å². The molecule has 2 saturated heterocycles. The Morgan fingerprint density at radius 2 is 2.35 bits per heavy atom. The smallest absolute Gasteiger partial charge is 0.234 e. The lowest BCUT2D eigenvalue weighted by molar-refractivity contribution is 0.0773. The zero-order valence-corrected chi connectivity index (χ0v) is 12.4. The Morgan fingerprint density at radius 1 is 1.40 bits per heavy atom. The lowest BCUT2D eigenvalue weighted by atomic mass is 9.77. The Bertz CT molecular complexity index is 415. The second-order valence-electron chi connectivity index (χ2n) is 6.18. The van der Waals surface area contributed by atoms with E-state index in [4.69, 9.17) is 14.2 Å². The van der Waals surface area contributed by atoms with Gasteiger partial charge in [0.25, 0.3) is 0 Å². The van der Waals surface area contributed by atoms with Crippen molar-refractivity contribution >= 4 is 0 Å². The van der Waals surface area contributed by atoms with Gasteiger partial charge < -0.3 is 14.6 Å². The van der Waals surface area contributed by atoms with Crippen LogP contribution in [0.25, 0.3) is 0 Å². The molecule has 2 aliphatic rings. The standard InChI is InChI=1S/C15H25N3O2/c1-2-6-15(7-4-8-16-11-15)14-17-13(18-20-14)12-5-3-9-19-10-12/h12,16H,2-11H2,1H3. The van der Waals surface area contributed by atoms with Gasteiger partial charge in [0.05, 0.1) is 12.0 Å². The molecule has 112 valence electrons. The molecule has 5 nitrogen and oxygen atoms in total. The summed E-state index contributed by atoms with van der Waals surface area (Å²) in [4.78, 5) is 4.75. The first kappa shape index (κ1) is 14.0. The van der Waals surface area contributed by atoms with Gasteiger partial charge in [0, 0.05) is 19.1 Å². The van der Waals surface area contributed by atoms with E-state index in [1.54, 1.807) is 0 Å². The van der Waals surface area contributed by atoms with E-state index in [-0.39, 0.29) is 5.41 Å². The van der Waals surface area contributed by atoms with Crippen molar-refractivity contribution in [3.05, 3.63) is 11.7 Å². The second kappa shape index (κ2) is 6.22. The highest BCUT2D eigenvalue weighted by Gasteiger charge is 2.39. The minimum atomic E-state index is 0.0494. The molecule has 3 rings (SSSR count). The van der Waals surface area contributed by atoms with Crippen LogP contribution >= 0.6 is 0 Å². The molecule has 2 fully saturated rings. The Morgan fingerprint density at radius 3 is 3.05 bits per heavy atom. The zero-order valence-electron chi connectivity index (χ0n) is 12.4. The monoisotopic (exact) mass is 279 g/mol. The molecule has 0 saturated carbocycles. The maximum absolute atomic E-state index is 5.66. The van der Waals surface area contributed by atoms with Crippen LogP contribution in [0.1, 0.15) is 63.1 Å². The van der Waals surface area contributed by atoms with E-state index in [9.17, 15) is 0 Å². The van der Waals surface area contributed by atoms with E-state index < -0.39 is 0 Å². The lowest BCUT2D eigenvalue weighted by Crippen LogP contribution is -2.43. The Labute approximate surface area is 120 Å². The van der Waals surface area contributed by atoms with E-state index in [0.717, 1.165) is 70.1 Å². The summed E-state index contributed by atoms with van der Waals surface area (Å²) in [6.07, 6.45) is 6.80. The summed E-state index contributed by atoms with van der Waals surface area (Å²) in [6, 6.07) is 0. The molecule has 1 aromatic rings. The first-order chi connectivity index (χ1) is 9.84. The quantitative estimate of drug-likeness (QED) is 0.917. The molecule has 5 heteroatoms. The third-order valence-electron chi connectivity index (χ3n) is 4.62. The van der Waals surface area contributed by atoms with Crippen molar-refractivity contribution in [1.82, 2.24) is 15.5 Å². The van der Waals surface area contributed by atoms with Gasteiger partial charge in [-0.25, -0.2) is 0 Å². The van der Waals surface area contributed by atoms with Crippen LogP contribution in [0.15, 0.2) is 4.52 Å². The van der Waals surface area contributed by atoms with Crippen LogP contribution in [0.3, 0.4) is 0 Å². The number of aromatic nitrogens is 2. The molecule has 2 unspecified atom stereocenters. The average molecular weight is 279 g/mol. The van der Waals surface area contributed by atoms with Gasteiger partial charge in [-0.05, 0) is 38.6 Å². The molecule has 20 heavy (non-hydrogen) atoms. The van der Waals surface area contributed by atoms with Gasteiger partial charge in [-0.3, -0.25) is 0 Å². The maximum Gasteiger partial charge on any atom is 0.234 e. The van der Waals surface area contributed by atoms with E-state index in [2.05, 4.69) is 17.4 Å². The maximum atomic E-state index is 5.66. The van der Waals surface area contributed by atoms with Crippen LogP contribution in [0.4, 0.5) is 0 Å². The average Bonchev–Trinajstić information content (AvgIpc) is 3.00. The predicted octanol–water partition coefficient (Wildman–Crippen LogP) is 2.38. The largest absolute Gasteiger partial charge is 0.381 e. The number of hydrogen-bond acceptors (Lipinski definition) is 5. The Balaban J connectivity index is 1.79. The summed E-state index contributed by atoms with van der Waals surface area (Å²) in [6.45, 7) is 5.89. The molecule has 2 atom stereocenters. The highest BCUT2D eigenvalue weighted by Crippen LogP contribution is 2.35. The molecule has 0 radical (unpaired) electrons. The van der Waals surface area contributed by atoms with E-state index in [0.29, 0.717) is 5.92 Å². The third-order valence-corrected chi connectivity index (χ3v) is 4.62. The molecule has 1 N–H and O–H groups in total. The van der Waals surface area contributed by atoms with Crippen LogP contribution in [0.2, 0.25) is 0 Å². The predicted molar refractivity (Wildman–Crippen MR) is 75.8 cm³/mol. The minimum absolute atomic E-state index is 0.0494. The molecule has 0 amide bonds. The molecule has 3 heterocycles. The van der Waals surface area contributed by atoms with Crippen molar-refractivity contribution in [2.45, 2.75) is 56.8 Å². The van der Waals surface area contributed by atoms with Crippen LogP contribution in [-0.4, -0.2) is 36.4 Å². The third kappa shape index (κ3) is 2.74. The Kier molecular flexibility index (Phi) is 4.36. The van der Waals surface area contributed by atoms with Gasteiger partial charge in [0.15, 0.2) is 5.82 Å². The first-order valence-corrected chi connectivity index (χ1v) is 7.96. The van der Waals surface area contributed by atoms with Crippen molar-refractivity contribution < 1.29 is 9.26 Å². The first-order valence-electron chi connectivity index (χ1n) is 7.96. The fourth-order valence-corrected chi connectivity index (χ4v) is 3.51. The summed E-state index contributed by atoms with van der Waals surface area (Å²) in [5.74, 6) is 2.00. The van der Waals surface area contributed by atoms with E-state index in [1.807, 2.05) is 0 Å². The van der Waals surface area contributed by atoms with Gasteiger partial charge in [0.1, 0.15) is 0 Å². The van der Waals surface area contributed by atoms with Crippen LogP contribution < -0.4 is 5.32 Å². The van der Waals surface area contributed by atoms with Crippen LogP contribution in [0.5, 0.6) is 0 Å². The second-order valence-corrected chi connectivity index (χ2v) is 6.18. The van der Waals surface area contributed by atoms with Crippen LogP contribution in [0, 0.1) is 0 Å². The lowest BCUT2D eigenvalue weighted by Gasteiger charge is -2.34. The zero-order chi connectivity index (χ0) is 13.8. The summed E-state index contributed by atoms with van der Waals surface area (Å²) >= 11 is 0. The van der Waals surface area contributed by atoms with E-state index >= 15 is 0 Å². The molecule has 0 spiro atoms. The van der Waals surface area contributed by atoms with Gasteiger partial charge in [-0.15, -0.1) is 0 Å². The van der Waals surface area contributed by atoms with Crippen molar-refractivity contribution in [3.63, 3.8) is 0 Å². The topological polar surface area (TPSA) is 60.2 Å². The van der Waals surface area contributed by atoms with E-state index in [1.165, 1.54) is 6.42 Å². The summed E-state index contributed by atoms with van der Waals surface area (Å²) in [5.41, 5.74) is 0.0494. The molecule has 0 aliphatic carbocycles. The fourth-order valence-electron chi connectivity index (χ4n) is 3.51. The SMILES string of the molecule is CCCC1(c2nc(C3CCCOC3)no2)CCCNC1. The van der Waals surface area contributed by atoms with Crippen molar-refractivity contribution in [2.24, 2.45) is 0 Å². The number of nitrogens with one attached hydrogen (secondary N) is 1. The Hall–Kier alpha value is -0.940. The fraction of sp³-hybridized carbons (Fsp3) is 0.867. The molecule has 2 aliphatic heterocycles. The molecule has 0 bridgehead atoms. The summed E-state index contributed by atoms with van der Waals surface area (Å²) < 4.78 is 11.2. The van der Waals surface area contributed by atoms with Gasteiger partial charge in [0.2, 0.25) is 5.89 Å². The highest BCUT2D eigenvalue weighted by molar-refractivity contribution is 5.10. The molecule has 1 aromatic heterocycles. The molecular weight excluding hydrogens is 254 g/mol. The van der Waals surface area contributed by atoms with Crippen LogP contribution in [-0.2, 0) is 10.2 Å². The molecule has 0 aromatic carbocycles. The van der Waals surface area contributed by atoms with Gasteiger partial charge in [-0.1, -0.05) is 18.5 Å². The van der Waals surface area contributed by atoms with Crippen molar-refractivity contribution in [3.8, 4) is 0 Å². The number of ether oxygens (including phenoxy) is 1. The normalized spacial score (nSPS) is 31.4. The summed E-state index contributed by atoms with van der Waals surface area (Å²) in [5, 5.41) is 7.74. The summed E-state index contributed by atoms with van der Waals surface area (Å²) in [7, 11) is 0. The van der Waals surface area contributed by atoms with Crippen molar-refractivity contribution in [2.75, 3.05) is 26.3 Å². The van der Waals surface area contributed by atoms with Gasteiger partial charge in [-0.2, -0.15) is 4.98 Å². The number of piperidine rings is 1. The molecular formula is C15H25N3O2. The highest BCUT2D eigenvalue weighted by atomic mass is 16.5. The number of rotatable bonds is 4.